The third-order valence-corrected chi connectivity index (χ3v) is 4.46. The molecule has 24 heavy (non-hydrogen) atoms. The van der Waals surface area contributed by atoms with Gasteiger partial charge < -0.3 is 9.47 Å². The van der Waals surface area contributed by atoms with Crippen LogP contribution in [-0.4, -0.2) is 27.5 Å². The number of ether oxygens (including phenoxy) is 2. The van der Waals surface area contributed by atoms with Crippen LogP contribution in [0.4, 0.5) is 4.39 Å². The van der Waals surface area contributed by atoms with E-state index >= 15 is 0 Å². The highest BCUT2D eigenvalue weighted by atomic mass is 32.1. The predicted octanol–water partition coefficient (Wildman–Crippen LogP) is 3.49. The summed E-state index contributed by atoms with van der Waals surface area (Å²) in [4.78, 5) is 12.5. The molecule has 0 saturated carbocycles. The van der Waals surface area contributed by atoms with E-state index < -0.39 is 11.8 Å². The number of nitriles is 1. The van der Waals surface area contributed by atoms with Gasteiger partial charge in [0.1, 0.15) is 0 Å². The SMILES string of the molecule is CC.COC(=O)c1c([B]C#N)sc(-c2cccc(OC)c2F)c1C. The first-order valence-electron chi connectivity index (χ1n) is 7.32. The van der Waals surface area contributed by atoms with E-state index in [2.05, 4.69) is 0 Å². The Hall–Kier alpha value is -2.33. The first-order valence-corrected chi connectivity index (χ1v) is 8.14. The second kappa shape index (κ2) is 9.09. The Bertz CT molecular complexity index is 768. The van der Waals surface area contributed by atoms with Crippen LogP contribution in [0.15, 0.2) is 18.2 Å². The Morgan fingerprint density at radius 3 is 2.54 bits per heavy atom. The maximum Gasteiger partial charge on any atom is 0.338 e. The summed E-state index contributed by atoms with van der Waals surface area (Å²) in [6.07, 6.45) is 0. The lowest BCUT2D eigenvalue weighted by Crippen LogP contribution is -2.19. The molecule has 1 heterocycles. The van der Waals surface area contributed by atoms with Crippen LogP contribution in [0.2, 0.25) is 0 Å². The Morgan fingerprint density at radius 1 is 1.33 bits per heavy atom. The van der Waals surface area contributed by atoms with Crippen LogP contribution in [0.25, 0.3) is 10.4 Å². The van der Waals surface area contributed by atoms with Crippen molar-refractivity contribution < 1.29 is 18.7 Å². The quantitative estimate of drug-likeness (QED) is 0.628. The molecule has 1 aromatic heterocycles. The Labute approximate surface area is 146 Å². The zero-order chi connectivity index (χ0) is 18.3. The molecule has 0 spiro atoms. The molecule has 0 saturated heterocycles. The second-order valence-electron chi connectivity index (χ2n) is 4.38. The number of rotatable bonds is 4. The first kappa shape index (κ1) is 19.7. The van der Waals surface area contributed by atoms with Crippen molar-refractivity contribution in [3.63, 3.8) is 0 Å². The molecule has 1 aromatic carbocycles. The van der Waals surface area contributed by atoms with Gasteiger partial charge in [-0.15, -0.1) is 11.3 Å². The lowest BCUT2D eigenvalue weighted by Gasteiger charge is -2.07. The molecule has 125 valence electrons. The van der Waals surface area contributed by atoms with Crippen LogP contribution in [0.3, 0.4) is 0 Å². The molecule has 7 heteroatoms. The van der Waals surface area contributed by atoms with Crippen molar-refractivity contribution in [3.05, 3.63) is 35.1 Å². The van der Waals surface area contributed by atoms with Crippen molar-refractivity contribution in [2.75, 3.05) is 14.2 Å². The number of thiophene rings is 1. The number of hydrogen-bond donors (Lipinski definition) is 0. The zero-order valence-electron chi connectivity index (χ0n) is 14.3. The third-order valence-electron chi connectivity index (χ3n) is 3.19. The number of methoxy groups -OCH3 is 2. The summed E-state index contributed by atoms with van der Waals surface area (Å²) in [6.45, 7) is 5.70. The van der Waals surface area contributed by atoms with Crippen molar-refractivity contribution in [3.8, 4) is 22.2 Å². The van der Waals surface area contributed by atoms with Crippen molar-refractivity contribution in [1.29, 1.82) is 5.26 Å². The molecule has 0 aliphatic carbocycles. The van der Waals surface area contributed by atoms with Crippen molar-refractivity contribution in [2.24, 2.45) is 0 Å². The highest BCUT2D eigenvalue weighted by Crippen LogP contribution is 2.35. The zero-order valence-corrected chi connectivity index (χ0v) is 15.1. The van der Waals surface area contributed by atoms with E-state index in [1.165, 1.54) is 38.9 Å². The molecule has 0 atom stereocenters. The van der Waals surface area contributed by atoms with Crippen LogP contribution in [0.1, 0.15) is 29.8 Å². The number of nitrogens with zero attached hydrogens (tertiary/aromatic N) is 1. The lowest BCUT2D eigenvalue weighted by atomic mass is 9.76. The maximum absolute atomic E-state index is 14.4. The molecular formula is C17H18BFNO3S. The Morgan fingerprint density at radius 2 is 2.00 bits per heavy atom. The van der Waals surface area contributed by atoms with Gasteiger partial charge in [0, 0.05) is 16.4 Å². The second-order valence-corrected chi connectivity index (χ2v) is 5.43. The highest BCUT2D eigenvalue weighted by Gasteiger charge is 2.24. The van der Waals surface area contributed by atoms with Gasteiger partial charge in [-0.3, -0.25) is 0 Å². The normalized spacial score (nSPS) is 9.38. The minimum absolute atomic E-state index is 0.121. The molecule has 0 aliphatic rings. The van der Waals surface area contributed by atoms with Gasteiger partial charge >= 0.3 is 13.2 Å². The van der Waals surface area contributed by atoms with Crippen molar-refractivity contribution in [1.82, 2.24) is 0 Å². The summed E-state index contributed by atoms with van der Waals surface area (Å²) in [5.41, 5.74) is 1.18. The van der Waals surface area contributed by atoms with Crippen LogP contribution in [0, 0.1) is 24.0 Å². The number of carbonyl (C=O) groups excluding carboxylic acids is 1. The fraction of sp³-hybridized carbons (Fsp3) is 0.294. The van der Waals surface area contributed by atoms with E-state index in [9.17, 15) is 9.18 Å². The number of carbonyl (C=O) groups is 1. The van der Waals surface area contributed by atoms with E-state index in [4.69, 9.17) is 14.7 Å². The Kier molecular flexibility index (Phi) is 7.47. The molecule has 1 radical (unpaired) electrons. The summed E-state index contributed by atoms with van der Waals surface area (Å²) in [7, 11) is 3.91. The molecule has 0 aliphatic heterocycles. The molecule has 2 aromatic rings. The molecule has 0 fully saturated rings. The van der Waals surface area contributed by atoms with Crippen molar-refractivity contribution in [2.45, 2.75) is 20.8 Å². The summed E-state index contributed by atoms with van der Waals surface area (Å²) in [6, 6.07) is 4.79. The minimum Gasteiger partial charge on any atom is -0.494 e. The van der Waals surface area contributed by atoms with Gasteiger partial charge in [-0.25, -0.2) is 14.4 Å². The van der Waals surface area contributed by atoms with Crippen molar-refractivity contribution >= 4 is 29.4 Å². The molecule has 2 rings (SSSR count). The van der Waals surface area contributed by atoms with Gasteiger partial charge in [0.15, 0.2) is 11.6 Å². The van der Waals surface area contributed by atoms with E-state index in [0.29, 0.717) is 20.8 Å². The summed E-state index contributed by atoms with van der Waals surface area (Å²) < 4.78 is 24.6. The van der Waals surface area contributed by atoms with Gasteiger partial charge in [-0.2, -0.15) is 0 Å². The van der Waals surface area contributed by atoms with Crippen LogP contribution in [-0.2, 0) is 4.74 Å². The van der Waals surface area contributed by atoms with Gasteiger partial charge in [-0.1, -0.05) is 26.0 Å². The minimum atomic E-state index is -0.551. The summed E-state index contributed by atoms with van der Waals surface area (Å²) in [5.74, 6) is 0.956. The average molecular weight is 346 g/mol. The summed E-state index contributed by atoms with van der Waals surface area (Å²) >= 11 is 1.17. The largest absolute Gasteiger partial charge is 0.494 e. The van der Waals surface area contributed by atoms with E-state index in [-0.39, 0.29) is 11.3 Å². The van der Waals surface area contributed by atoms with E-state index in [1.807, 2.05) is 19.8 Å². The van der Waals surface area contributed by atoms with Gasteiger partial charge in [0.05, 0.1) is 19.8 Å². The van der Waals surface area contributed by atoms with E-state index in [1.54, 1.807) is 19.1 Å². The number of halogens is 1. The molecule has 0 unspecified atom stereocenters. The van der Waals surface area contributed by atoms with Gasteiger partial charge in [0.2, 0.25) is 0 Å². The van der Waals surface area contributed by atoms with Gasteiger partial charge in [-0.05, 0) is 23.3 Å². The first-order chi connectivity index (χ1) is 11.5. The molecule has 0 amide bonds. The summed E-state index contributed by atoms with van der Waals surface area (Å²) in [5, 5.41) is 8.86. The lowest BCUT2D eigenvalue weighted by molar-refractivity contribution is 0.0602. The predicted molar refractivity (Wildman–Crippen MR) is 94.7 cm³/mol. The third kappa shape index (κ3) is 3.77. The number of benzene rings is 1. The molecule has 4 nitrogen and oxygen atoms in total. The average Bonchev–Trinajstić information content (AvgIpc) is 2.93. The topological polar surface area (TPSA) is 59.3 Å². The standard InChI is InChI=1S/C15H12BFNO3S.C2H6/c1-8-11(15(19)21-3)14(16-7-18)22-13(8)9-5-4-6-10(20-2)12(9)17;1-2/h4-6H,1-3H3;1-2H3. The maximum atomic E-state index is 14.4. The molecule has 0 N–H and O–H groups in total. The molecular weight excluding hydrogens is 328 g/mol. The Balaban J connectivity index is 0.00000139. The van der Waals surface area contributed by atoms with Crippen LogP contribution < -0.4 is 9.51 Å². The van der Waals surface area contributed by atoms with Crippen LogP contribution >= 0.6 is 11.3 Å². The molecule has 0 bridgehead atoms. The fourth-order valence-electron chi connectivity index (χ4n) is 2.15. The van der Waals surface area contributed by atoms with Crippen LogP contribution in [0.5, 0.6) is 5.75 Å². The van der Waals surface area contributed by atoms with E-state index in [0.717, 1.165) is 0 Å². The highest BCUT2D eigenvalue weighted by molar-refractivity contribution is 7.25. The monoisotopic (exact) mass is 346 g/mol. The number of esters is 1. The fourth-order valence-corrected chi connectivity index (χ4v) is 3.35. The van der Waals surface area contributed by atoms with Gasteiger partial charge in [0.25, 0.3) is 0 Å². The smallest absolute Gasteiger partial charge is 0.338 e. The number of hydrogen-bond acceptors (Lipinski definition) is 5.